The summed E-state index contributed by atoms with van der Waals surface area (Å²) < 4.78 is 5.33. The summed E-state index contributed by atoms with van der Waals surface area (Å²) in [7, 11) is 1.74. The van der Waals surface area contributed by atoms with E-state index in [-0.39, 0.29) is 0 Å². The zero-order chi connectivity index (χ0) is 16.1. The fourth-order valence-corrected chi connectivity index (χ4v) is 3.90. The molecule has 0 saturated carbocycles. The van der Waals surface area contributed by atoms with E-state index in [1.807, 2.05) is 0 Å². The summed E-state index contributed by atoms with van der Waals surface area (Å²) in [6, 6.07) is 9.22. The highest BCUT2D eigenvalue weighted by Crippen LogP contribution is 2.29. The number of methoxy groups -OCH3 is 1. The van der Waals surface area contributed by atoms with E-state index in [1.54, 1.807) is 7.11 Å². The van der Waals surface area contributed by atoms with Crippen LogP contribution in [0.4, 0.5) is 0 Å². The van der Waals surface area contributed by atoms with Gasteiger partial charge in [0, 0.05) is 45.3 Å². The lowest BCUT2D eigenvalue weighted by Gasteiger charge is -2.40. The summed E-state index contributed by atoms with van der Waals surface area (Å²) in [5, 5.41) is 3.46. The van der Waals surface area contributed by atoms with E-state index in [2.05, 4.69) is 46.3 Å². The van der Waals surface area contributed by atoms with Crippen LogP contribution < -0.4 is 10.1 Å². The van der Waals surface area contributed by atoms with Gasteiger partial charge in [0.05, 0.1) is 7.11 Å². The highest BCUT2D eigenvalue weighted by Gasteiger charge is 2.27. The maximum absolute atomic E-state index is 5.33. The Morgan fingerprint density at radius 2 is 1.91 bits per heavy atom. The highest BCUT2D eigenvalue weighted by molar-refractivity contribution is 5.29. The SMILES string of the molecule is COc1ccc(C(CN2CCNCC2)N2CCCC(C)C2)cc1. The third-order valence-corrected chi connectivity index (χ3v) is 5.27. The highest BCUT2D eigenvalue weighted by atomic mass is 16.5. The van der Waals surface area contributed by atoms with Crippen LogP contribution in [0.15, 0.2) is 24.3 Å². The average Bonchev–Trinajstić information content (AvgIpc) is 2.61. The number of likely N-dealkylation sites (tertiary alicyclic amines) is 1. The monoisotopic (exact) mass is 317 g/mol. The first-order valence-corrected chi connectivity index (χ1v) is 9.07. The molecular formula is C19H31N3O. The molecule has 2 unspecified atom stereocenters. The molecule has 2 fully saturated rings. The van der Waals surface area contributed by atoms with Gasteiger partial charge in [-0.15, -0.1) is 0 Å². The molecule has 2 heterocycles. The minimum absolute atomic E-state index is 0.502. The Balaban J connectivity index is 1.76. The Hall–Kier alpha value is -1.10. The van der Waals surface area contributed by atoms with Gasteiger partial charge in [-0.2, -0.15) is 0 Å². The van der Waals surface area contributed by atoms with Crippen LogP contribution in [-0.4, -0.2) is 62.7 Å². The predicted octanol–water partition coefficient (Wildman–Crippen LogP) is 2.37. The second-order valence-corrected chi connectivity index (χ2v) is 7.08. The minimum atomic E-state index is 0.502. The first kappa shape index (κ1) is 16.7. The molecule has 128 valence electrons. The van der Waals surface area contributed by atoms with E-state index in [0.717, 1.165) is 44.4 Å². The molecule has 0 aliphatic carbocycles. The number of nitrogens with zero attached hydrogens (tertiary/aromatic N) is 2. The Bertz CT molecular complexity index is 470. The third kappa shape index (κ3) is 4.46. The molecule has 4 heteroatoms. The molecule has 23 heavy (non-hydrogen) atoms. The quantitative estimate of drug-likeness (QED) is 0.902. The number of piperazine rings is 1. The normalized spacial score (nSPS) is 25.2. The molecule has 2 aliphatic rings. The predicted molar refractivity (Wildman–Crippen MR) is 95.0 cm³/mol. The smallest absolute Gasteiger partial charge is 0.118 e. The van der Waals surface area contributed by atoms with Crippen molar-refractivity contribution >= 4 is 0 Å². The number of benzene rings is 1. The maximum atomic E-state index is 5.33. The Labute approximate surface area is 140 Å². The van der Waals surface area contributed by atoms with Gasteiger partial charge in [0.15, 0.2) is 0 Å². The second-order valence-electron chi connectivity index (χ2n) is 7.08. The summed E-state index contributed by atoms with van der Waals surface area (Å²) in [4.78, 5) is 5.32. The molecule has 0 radical (unpaired) electrons. The van der Waals surface area contributed by atoms with Crippen molar-refractivity contribution < 1.29 is 4.74 Å². The third-order valence-electron chi connectivity index (χ3n) is 5.27. The fourth-order valence-electron chi connectivity index (χ4n) is 3.90. The largest absolute Gasteiger partial charge is 0.497 e. The summed E-state index contributed by atoms with van der Waals surface area (Å²) in [6.45, 7) is 10.5. The van der Waals surface area contributed by atoms with Gasteiger partial charge in [-0.3, -0.25) is 9.80 Å². The standard InChI is InChI=1S/C19H31N3O/c1-16-4-3-11-22(14-16)19(15-21-12-9-20-10-13-21)17-5-7-18(23-2)8-6-17/h5-8,16,19-20H,3-4,9-15H2,1-2H3. The van der Waals surface area contributed by atoms with Gasteiger partial charge in [0.1, 0.15) is 5.75 Å². The van der Waals surface area contributed by atoms with E-state index in [9.17, 15) is 0 Å². The van der Waals surface area contributed by atoms with Crippen LogP contribution in [0.2, 0.25) is 0 Å². The molecule has 0 spiro atoms. The number of hydrogen-bond acceptors (Lipinski definition) is 4. The fraction of sp³-hybridized carbons (Fsp3) is 0.684. The van der Waals surface area contributed by atoms with Crippen LogP contribution in [0.5, 0.6) is 5.75 Å². The molecule has 0 bridgehead atoms. The van der Waals surface area contributed by atoms with Crippen LogP contribution in [0.25, 0.3) is 0 Å². The minimum Gasteiger partial charge on any atom is -0.497 e. The van der Waals surface area contributed by atoms with Crippen molar-refractivity contribution in [3.05, 3.63) is 29.8 Å². The number of ether oxygens (including phenoxy) is 1. The van der Waals surface area contributed by atoms with Crippen LogP contribution in [0.1, 0.15) is 31.4 Å². The first-order chi connectivity index (χ1) is 11.3. The van der Waals surface area contributed by atoms with Gasteiger partial charge in [-0.05, 0) is 43.0 Å². The van der Waals surface area contributed by atoms with E-state index in [0.29, 0.717) is 6.04 Å². The summed E-state index contributed by atoms with van der Waals surface area (Å²) in [5.41, 5.74) is 1.43. The van der Waals surface area contributed by atoms with Crippen LogP contribution in [-0.2, 0) is 0 Å². The molecule has 2 atom stereocenters. The van der Waals surface area contributed by atoms with E-state index in [4.69, 9.17) is 4.74 Å². The lowest BCUT2D eigenvalue weighted by atomic mass is 9.95. The molecule has 1 aromatic carbocycles. The summed E-state index contributed by atoms with van der Waals surface area (Å²) in [5.74, 6) is 1.76. The van der Waals surface area contributed by atoms with Crippen molar-refractivity contribution in [2.24, 2.45) is 5.92 Å². The van der Waals surface area contributed by atoms with E-state index in [1.165, 1.54) is 31.5 Å². The van der Waals surface area contributed by atoms with Gasteiger partial charge in [-0.25, -0.2) is 0 Å². The van der Waals surface area contributed by atoms with Crippen molar-refractivity contribution in [1.82, 2.24) is 15.1 Å². The topological polar surface area (TPSA) is 27.7 Å². The van der Waals surface area contributed by atoms with Crippen LogP contribution in [0, 0.1) is 5.92 Å². The van der Waals surface area contributed by atoms with Crippen LogP contribution in [0.3, 0.4) is 0 Å². The Morgan fingerprint density at radius 3 is 2.57 bits per heavy atom. The first-order valence-electron chi connectivity index (χ1n) is 9.07. The molecule has 1 N–H and O–H groups in total. The van der Waals surface area contributed by atoms with Crippen molar-refractivity contribution in [2.45, 2.75) is 25.8 Å². The number of hydrogen-bond donors (Lipinski definition) is 1. The van der Waals surface area contributed by atoms with Gasteiger partial charge >= 0.3 is 0 Å². The maximum Gasteiger partial charge on any atom is 0.118 e. The zero-order valence-electron chi connectivity index (χ0n) is 14.6. The second kappa shape index (κ2) is 8.13. The van der Waals surface area contributed by atoms with Crippen molar-refractivity contribution in [3.63, 3.8) is 0 Å². The molecule has 2 aliphatic heterocycles. The van der Waals surface area contributed by atoms with Gasteiger partial charge in [0.2, 0.25) is 0 Å². The molecule has 0 amide bonds. The van der Waals surface area contributed by atoms with Crippen molar-refractivity contribution in [1.29, 1.82) is 0 Å². The lowest BCUT2D eigenvalue weighted by Crippen LogP contribution is -2.48. The summed E-state index contributed by atoms with van der Waals surface area (Å²) in [6.07, 6.45) is 2.70. The molecule has 0 aromatic heterocycles. The average molecular weight is 317 g/mol. The van der Waals surface area contributed by atoms with Crippen molar-refractivity contribution in [3.8, 4) is 5.75 Å². The summed E-state index contributed by atoms with van der Waals surface area (Å²) >= 11 is 0. The number of rotatable bonds is 5. The van der Waals surface area contributed by atoms with Gasteiger partial charge in [-0.1, -0.05) is 19.1 Å². The lowest BCUT2D eigenvalue weighted by molar-refractivity contribution is 0.0912. The van der Waals surface area contributed by atoms with Crippen LogP contribution >= 0.6 is 0 Å². The zero-order valence-corrected chi connectivity index (χ0v) is 14.6. The molecular weight excluding hydrogens is 286 g/mol. The Kier molecular flexibility index (Phi) is 5.92. The number of piperidine rings is 1. The molecule has 2 saturated heterocycles. The number of nitrogens with one attached hydrogen (secondary N) is 1. The Morgan fingerprint density at radius 1 is 1.17 bits per heavy atom. The molecule has 3 rings (SSSR count). The van der Waals surface area contributed by atoms with E-state index >= 15 is 0 Å². The van der Waals surface area contributed by atoms with E-state index < -0.39 is 0 Å². The molecule has 1 aromatic rings. The van der Waals surface area contributed by atoms with Crippen molar-refractivity contribution in [2.75, 3.05) is 52.9 Å². The molecule has 4 nitrogen and oxygen atoms in total. The van der Waals surface area contributed by atoms with Gasteiger partial charge in [0.25, 0.3) is 0 Å². The van der Waals surface area contributed by atoms with Gasteiger partial charge < -0.3 is 10.1 Å².